The van der Waals surface area contributed by atoms with E-state index in [9.17, 15) is 14.9 Å². The number of rotatable bonds is 7. The minimum Gasteiger partial charge on any atom is -0.495 e. The van der Waals surface area contributed by atoms with Crippen LogP contribution in [0.15, 0.2) is 36.4 Å². The van der Waals surface area contributed by atoms with Gasteiger partial charge in [0.05, 0.1) is 22.1 Å². The lowest BCUT2D eigenvalue weighted by atomic mass is 10.2. The molecule has 0 heterocycles. The second kappa shape index (κ2) is 8.55. The molecule has 0 saturated carbocycles. The lowest BCUT2D eigenvalue weighted by Gasteiger charge is -2.10. The molecule has 2 aromatic rings. The van der Waals surface area contributed by atoms with Gasteiger partial charge in [-0.15, -0.1) is 0 Å². The second-order valence-electron chi connectivity index (χ2n) is 4.92. The van der Waals surface area contributed by atoms with Crippen molar-refractivity contribution in [2.24, 2.45) is 0 Å². The van der Waals surface area contributed by atoms with Crippen molar-refractivity contribution in [3.8, 4) is 5.75 Å². The molecule has 1 amide bonds. The highest BCUT2D eigenvalue weighted by Crippen LogP contribution is 2.31. The molecule has 7 nitrogen and oxygen atoms in total. The van der Waals surface area contributed by atoms with Crippen LogP contribution in [0.25, 0.3) is 0 Å². The Balaban J connectivity index is 1.92. The van der Waals surface area contributed by atoms with E-state index in [0.29, 0.717) is 16.3 Å². The molecular weight excluding hydrogens is 369 g/mol. The summed E-state index contributed by atoms with van der Waals surface area (Å²) in [5.74, 6) is 0.158. The van der Waals surface area contributed by atoms with Gasteiger partial charge >= 0.3 is 0 Å². The average molecular weight is 384 g/mol. The molecule has 0 fully saturated rings. The van der Waals surface area contributed by atoms with E-state index in [1.807, 2.05) is 0 Å². The normalized spacial score (nSPS) is 10.2. The molecule has 132 valence electrons. The van der Waals surface area contributed by atoms with E-state index < -0.39 is 4.92 Å². The van der Waals surface area contributed by atoms with Gasteiger partial charge in [-0.1, -0.05) is 29.3 Å². The molecule has 2 rings (SSSR count). The number of nitro benzene ring substituents is 1. The maximum atomic E-state index is 12.1. The maximum Gasteiger partial charge on any atom is 0.293 e. The quantitative estimate of drug-likeness (QED) is 0.431. The second-order valence-corrected chi connectivity index (χ2v) is 5.74. The number of amides is 1. The molecule has 0 aliphatic rings. The van der Waals surface area contributed by atoms with E-state index in [2.05, 4.69) is 10.6 Å². The number of nitrogens with zero attached hydrogens (tertiary/aromatic N) is 1. The fourth-order valence-corrected chi connectivity index (χ4v) is 2.61. The topological polar surface area (TPSA) is 93.5 Å². The van der Waals surface area contributed by atoms with Crippen LogP contribution in [-0.2, 0) is 0 Å². The van der Waals surface area contributed by atoms with Gasteiger partial charge in [0, 0.05) is 24.7 Å². The summed E-state index contributed by atoms with van der Waals surface area (Å²) in [6.07, 6.45) is 0. The monoisotopic (exact) mass is 383 g/mol. The van der Waals surface area contributed by atoms with E-state index in [-0.39, 0.29) is 35.4 Å². The number of benzene rings is 2. The Hall–Kier alpha value is -2.51. The molecule has 0 radical (unpaired) electrons. The Bertz CT molecular complexity index is 799. The molecule has 2 N–H and O–H groups in total. The first-order valence-corrected chi connectivity index (χ1v) is 7.98. The smallest absolute Gasteiger partial charge is 0.293 e. The minimum absolute atomic E-state index is 0.124. The Labute approximate surface area is 154 Å². The molecule has 0 unspecified atom stereocenters. The summed E-state index contributed by atoms with van der Waals surface area (Å²) in [4.78, 5) is 22.6. The van der Waals surface area contributed by atoms with Crippen LogP contribution in [0.1, 0.15) is 10.4 Å². The summed E-state index contributed by atoms with van der Waals surface area (Å²) in [5.41, 5.74) is 0.478. The van der Waals surface area contributed by atoms with E-state index >= 15 is 0 Å². The predicted molar refractivity (Wildman–Crippen MR) is 96.9 cm³/mol. The van der Waals surface area contributed by atoms with Gasteiger partial charge in [-0.2, -0.15) is 0 Å². The van der Waals surface area contributed by atoms with Gasteiger partial charge in [0.25, 0.3) is 11.6 Å². The Morgan fingerprint density at radius 3 is 2.60 bits per heavy atom. The predicted octanol–water partition coefficient (Wildman–Crippen LogP) is 3.75. The van der Waals surface area contributed by atoms with Crippen LogP contribution in [0.2, 0.25) is 10.0 Å². The average Bonchev–Trinajstić information content (AvgIpc) is 2.59. The molecule has 0 spiro atoms. The summed E-state index contributed by atoms with van der Waals surface area (Å²) >= 11 is 12.0. The Morgan fingerprint density at radius 1 is 1.20 bits per heavy atom. The fourth-order valence-electron chi connectivity index (χ4n) is 2.11. The maximum absolute atomic E-state index is 12.1. The molecule has 2 aromatic carbocycles. The molecule has 0 saturated heterocycles. The zero-order valence-electron chi connectivity index (χ0n) is 13.2. The third-order valence-corrected chi connectivity index (χ3v) is 3.92. The van der Waals surface area contributed by atoms with Crippen LogP contribution in [0.3, 0.4) is 0 Å². The molecule has 9 heteroatoms. The number of anilines is 1. The number of ether oxygens (including phenoxy) is 1. The number of nitrogens with one attached hydrogen (secondary N) is 2. The van der Waals surface area contributed by atoms with Gasteiger partial charge in [-0.05, 0) is 24.3 Å². The van der Waals surface area contributed by atoms with Gasteiger partial charge in [-0.25, -0.2) is 0 Å². The Kier molecular flexibility index (Phi) is 6.44. The molecule has 0 aliphatic heterocycles. The van der Waals surface area contributed by atoms with Crippen LogP contribution >= 0.6 is 23.2 Å². The summed E-state index contributed by atoms with van der Waals surface area (Å²) in [5, 5.41) is 17.1. The first kappa shape index (κ1) is 18.8. The van der Waals surface area contributed by atoms with Crippen LogP contribution in [0.5, 0.6) is 5.75 Å². The minimum atomic E-state index is -0.522. The molecule has 0 bridgehead atoms. The molecular formula is C16H15Cl2N3O4. The lowest BCUT2D eigenvalue weighted by molar-refractivity contribution is -0.383. The molecule has 0 atom stereocenters. The SMILES string of the molecule is COc1ccc(C(=O)NCCNc2c(Cl)cccc2[N+](=O)[O-])cc1Cl. The van der Waals surface area contributed by atoms with E-state index in [1.54, 1.807) is 18.2 Å². The number of methoxy groups -OCH3 is 1. The number of hydrogen-bond donors (Lipinski definition) is 2. The van der Waals surface area contributed by atoms with Crippen LogP contribution < -0.4 is 15.4 Å². The highest BCUT2D eigenvalue weighted by atomic mass is 35.5. The van der Waals surface area contributed by atoms with Gasteiger partial charge < -0.3 is 15.4 Å². The molecule has 25 heavy (non-hydrogen) atoms. The van der Waals surface area contributed by atoms with Crippen molar-refractivity contribution in [3.05, 3.63) is 62.1 Å². The van der Waals surface area contributed by atoms with Crippen molar-refractivity contribution in [1.82, 2.24) is 5.32 Å². The van der Waals surface area contributed by atoms with Crippen molar-refractivity contribution < 1.29 is 14.5 Å². The number of nitro groups is 1. The summed E-state index contributed by atoms with van der Waals surface area (Å²) in [6, 6.07) is 9.10. The zero-order chi connectivity index (χ0) is 18.4. The van der Waals surface area contributed by atoms with Crippen LogP contribution in [-0.4, -0.2) is 31.0 Å². The number of carbonyl (C=O) groups is 1. The summed E-state index contributed by atoms with van der Waals surface area (Å²) < 4.78 is 5.03. The summed E-state index contributed by atoms with van der Waals surface area (Å²) in [6.45, 7) is 0.505. The van der Waals surface area contributed by atoms with Gasteiger partial charge in [0.1, 0.15) is 11.4 Å². The highest BCUT2D eigenvalue weighted by molar-refractivity contribution is 6.33. The zero-order valence-corrected chi connectivity index (χ0v) is 14.7. The Morgan fingerprint density at radius 2 is 1.96 bits per heavy atom. The first-order chi connectivity index (χ1) is 11.9. The third kappa shape index (κ3) is 4.74. The number of hydrogen-bond acceptors (Lipinski definition) is 5. The first-order valence-electron chi connectivity index (χ1n) is 7.22. The van der Waals surface area contributed by atoms with Crippen molar-refractivity contribution in [3.63, 3.8) is 0 Å². The summed E-state index contributed by atoms with van der Waals surface area (Å²) in [7, 11) is 1.49. The largest absolute Gasteiger partial charge is 0.495 e. The number of para-hydroxylation sites is 1. The van der Waals surface area contributed by atoms with Gasteiger partial charge in [-0.3, -0.25) is 14.9 Å². The van der Waals surface area contributed by atoms with E-state index in [1.165, 1.54) is 25.3 Å². The van der Waals surface area contributed by atoms with Crippen molar-refractivity contribution >= 4 is 40.5 Å². The van der Waals surface area contributed by atoms with E-state index in [0.717, 1.165) is 0 Å². The molecule has 0 aliphatic carbocycles. The van der Waals surface area contributed by atoms with Gasteiger partial charge in [0.2, 0.25) is 0 Å². The van der Waals surface area contributed by atoms with Crippen molar-refractivity contribution in [2.75, 3.05) is 25.5 Å². The van der Waals surface area contributed by atoms with E-state index in [4.69, 9.17) is 27.9 Å². The van der Waals surface area contributed by atoms with Crippen LogP contribution in [0.4, 0.5) is 11.4 Å². The number of halogens is 2. The standard InChI is InChI=1S/C16H15Cl2N3O4/c1-25-14-6-5-10(9-12(14)18)16(22)20-8-7-19-15-11(17)3-2-4-13(15)21(23)24/h2-6,9,19H,7-8H2,1H3,(H,20,22). The highest BCUT2D eigenvalue weighted by Gasteiger charge is 2.16. The third-order valence-electron chi connectivity index (χ3n) is 3.31. The number of carbonyl (C=O) groups excluding carboxylic acids is 1. The van der Waals surface area contributed by atoms with Crippen LogP contribution in [0, 0.1) is 10.1 Å². The van der Waals surface area contributed by atoms with Gasteiger partial charge in [0.15, 0.2) is 0 Å². The fraction of sp³-hybridized carbons (Fsp3) is 0.188. The molecule has 0 aromatic heterocycles. The lowest BCUT2D eigenvalue weighted by Crippen LogP contribution is -2.28. The van der Waals surface area contributed by atoms with Crippen molar-refractivity contribution in [1.29, 1.82) is 0 Å². The van der Waals surface area contributed by atoms with Crippen molar-refractivity contribution in [2.45, 2.75) is 0 Å².